The van der Waals surface area contributed by atoms with Gasteiger partial charge in [-0.3, -0.25) is 0 Å². The van der Waals surface area contributed by atoms with Crippen LogP contribution >= 0.6 is 15.9 Å². The molecule has 1 aliphatic rings. The molecule has 0 amide bonds. The third-order valence-electron chi connectivity index (χ3n) is 4.31. The van der Waals surface area contributed by atoms with Gasteiger partial charge in [0.15, 0.2) is 0 Å². The van der Waals surface area contributed by atoms with Crippen LogP contribution in [0.5, 0.6) is 11.8 Å². The summed E-state index contributed by atoms with van der Waals surface area (Å²) in [4.78, 5) is 8.36. The molecule has 0 aliphatic carbocycles. The third-order valence-corrected chi connectivity index (χ3v) is 6.65. The largest absolute Gasteiger partial charge is 0.495 e. The predicted molar refractivity (Wildman–Crippen MR) is 99.7 cm³/mol. The van der Waals surface area contributed by atoms with Crippen LogP contribution < -0.4 is 9.47 Å². The lowest BCUT2D eigenvalue weighted by atomic mass is 9.99. The Balaban J connectivity index is 1.58. The molecule has 0 spiro atoms. The molecule has 1 aliphatic heterocycles. The van der Waals surface area contributed by atoms with Gasteiger partial charge in [-0.25, -0.2) is 18.4 Å². The van der Waals surface area contributed by atoms with Gasteiger partial charge in [-0.2, -0.15) is 4.31 Å². The van der Waals surface area contributed by atoms with Crippen molar-refractivity contribution in [1.82, 2.24) is 14.3 Å². The van der Waals surface area contributed by atoms with Crippen LogP contribution in [0.3, 0.4) is 0 Å². The number of methoxy groups -OCH3 is 1. The molecule has 2 aromatic rings. The number of hydrogen-bond donors (Lipinski definition) is 0. The van der Waals surface area contributed by atoms with Crippen LogP contribution in [0.15, 0.2) is 46.0 Å². The first-order valence-electron chi connectivity index (χ1n) is 8.24. The molecule has 0 bridgehead atoms. The molecule has 0 saturated carbocycles. The highest BCUT2D eigenvalue weighted by atomic mass is 79.9. The first-order valence-corrected chi connectivity index (χ1v) is 10.5. The van der Waals surface area contributed by atoms with Crippen molar-refractivity contribution in [3.05, 3.63) is 41.1 Å². The number of halogens is 1. The summed E-state index contributed by atoms with van der Waals surface area (Å²) in [7, 11) is -2.09. The first-order chi connectivity index (χ1) is 12.5. The zero-order valence-electron chi connectivity index (χ0n) is 14.3. The number of sulfonamides is 1. The van der Waals surface area contributed by atoms with Gasteiger partial charge in [0.05, 0.1) is 18.2 Å². The maximum absolute atomic E-state index is 12.9. The number of piperidine rings is 1. The summed E-state index contributed by atoms with van der Waals surface area (Å²) in [5.74, 6) is 0.636. The Hall–Kier alpha value is -1.71. The summed E-state index contributed by atoms with van der Waals surface area (Å²) in [5, 5.41) is 0. The molecule has 0 N–H and O–H groups in total. The molecule has 9 heteroatoms. The molecule has 1 saturated heterocycles. The lowest BCUT2D eigenvalue weighted by Gasteiger charge is -2.31. The SMILES string of the molecule is COc1ccccc1S(=O)(=O)N1CCC(COc2ncc(Br)cn2)CC1. The minimum Gasteiger partial charge on any atom is -0.495 e. The van der Waals surface area contributed by atoms with Crippen molar-refractivity contribution < 1.29 is 17.9 Å². The second-order valence-electron chi connectivity index (χ2n) is 5.99. The Labute approximate surface area is 161 Å². The van der Waals surface area contributed by atoms with Crippen LogP contribution in [0.25, 0.3) is 0 Å². The van der Waals surface area contributed by atoms with E-state index in [1.54, 1.807) is 36.7 Å². The van der Waals surface area contributed by atoms with Crippen LogP contribution in [0.2, 0.25) is 0 Å². The van der Waals surface area contributed by atoms with E-state index in [2.05, 4.69) is 25.9 Å². The number of aromatic nitrogens is 2. The fourth-order valence-corrected chi connectivity index (χ4v) is 4.69. The average Bonchev–Trinajstić information content (AvgIpc) is 2.68. The summed E-state index contributed by atoms with van der Waals surface area (Å²) >= 11 is 3.28. The van der Waals surface area contributed by atoms with E-state index in [1.807, 2.05) is 0 Å². The van der Waals surface area contributed by atoms with Gasteiger partial charge in [-0.1, -0.05) is 12.1 Å². The molecule has 1 aromatic carbocycles. The Morgan fingerprint density at radius 1 is 1.19 bits per heavy atom. The Morgan fingerprint density at radius 3 is 2.50 bits per heavy atom. The van der Waals surface area contributed by atoms with Crippen LogP contribution in [0, 0.1) is 5.92 Å². The molecule has 26 heavy (non-hydrogen) atoms. The van der Waals surface area contributed by atoms with E-state index in [1.165, 1.54) is 11.4 Å². The van der Waals surface area contributed by atoms with Gasteiger partial charge in [-0.05, 0) is 46.8 Å². The molecule has 2 heterocycles. The summed E-state index contributed by atoms with van der Waals surface area (Å²) in [6, 6.07) is 7.03. The molecular formula is C17H20BrN3O4S. The quantitative estimate of drug-likeness (QED) is 0.685. The van der Waals surface area contributed by atoms with Gasteiger partial charge in [0, 0.05) is 25.5 Å². The van der Waals surface area contributed by atoms with E-state index in [9.17, 15) is 8.42 Å². The van der Waals surface area contributed by atoms with Gasteiger partial charge in [0.2, 0.25) is 10.0 Å². The second kappa shape index (κ2) is 8.32. The molecule has 0 atom stereocenters. The summed E-state index contributed by atoms with van der Waals surface area (Å²) < 4.78 is 38.9. The van der Waals surface area contributed by atoms with Crippen molar-refractivity contribution in [2.45, 2.75) is 17.7 Å². The smallest absolute Gasteiger partial charge is 0.316 e. The highest BCUT2D eigenvalue weighted by Gasteiger charge is 2.31. The number of ether oxygens (including phenoxy) is 2. The van der Waals surface area contributed by atoms with Crippen molar-refractivity contribution >= 4 is 26.0 Å². The minimum absolute atomic E-state index is 0.209. The van der Waals surface area contributed by atoms with Crippen molar-refractivity contribution in [3.8, 4) is 11.8 Å². The maximum Gasteiger partial charge on any atom is 0.316 e. The zero-order valence-corrected chi connectivity index (χ0v) is 16.7. The van der Waals surface area contributed by atoms with E-state index >= 15 is 0 Å². The predicted octanol–water partition coefficient (Wildman–Crippen LogP) is 2.73. The molecule has 3 rings (SSSR count). The first kappa shape index (κ1) is 19.1. The molecule has 0 radical (unpaired) electrons. The zero-order chi connectivity index (χ0) is 18.6. The highest BCUT2D eigenvalue weighted by molar-refractivity contribution is 9.10. The van der Waals surface area contributed by atoms with Crippen molar-refractivity contribution in [2.24, 2.45) is 5.92 Å². The second-order valence-corrected chi connectivity index (χ2v) is 8.82. The van der Waals surface area contributed by atoms with E-state index in [0.717, 1.165) is 17.3 Å². The van der Waals surface area contributed by atoms with Crippen LogP contribution in [0.4, 0.5) is 0 Å². The van der Waals surface area contributed by atoms with E-state index < -0.39 is 10.0 Å². The monoisotopic (exact) mass is 441 g/mol. The van der Waals surface area contributed by atoms with Gasteiger partial charge >= 0.3 is 6.01 Å². The number of para-hydroxylation sites is 1. The van der Waals surface area contributed by atoms with Crippen molar-refractivity contribution in [2.75, 3.05) is 26.8 Å². The minimum atomic E-state index is -3.56. The summed E-state index contributed by atoms with van der Waals surface area (Å²) in [5.41, 5.74) is 0. The maximum atomic E-state index is 12.9. The Bertz CT molecular complexity index is 837. The number of nitrogens with zero attached hydrogens (tertiary/aromatic N) is 3. The lowest BCUT2D eigenvalue weighted by Crippen LogP contribution is -2.39. The molecule has 140 valence electrons. The normalized spacial score (nSPS) is 16.4. The fourth-order valence-electron chi connectivity index (χ4n) is 2.85. The number of hydrogen-bond acceptors (Lipinski definition) is 6. The van der Waals surface area contributed by atoms with Crippen LogP contribution in [-0.4, -0.2) is 49.5 Å². The summed E-state index contributed by atoms with van der Waals surface area (Å²) in [6.45, 7) is 1.38. The van der Waals surface area contributed by atoms with Crippen LogP contribution in [-0.2, 0) is 10.0 Å². The lowest BCUT2D eigenvalue weighted by molar-refractivity contribution is 0.176. The number of rotatable bonds is 6. The van der Waals surface area contributed by atoms with Gasteiger partial charge < -0.3 is 9.47 Å². The van der Waals surface area contributed by atoms with Crippen molar-refractivity contribution in [1.29, 1.82) is 0 Å². The highest BCUT2D eigenvalue weighted by Crippen LogP contribution is 2.29. The van der Waals surface area contributed by atoms with Crippen molar-refractivity contribution in [3.63, 3.8) is 0 Å². The van der Waals surface area contributed by atoms with E-state index in [0.29, 0.717) is 31.5 Å². The average molecular weight is 442 g/mol. The Morgan fingerprint density at radius 2 is 1.85 bits per heavy atom. The van der Waals surface area contributed by atoms with Gasteiger partial charge in [-0.15, -0.1) is 0 Å². The molecular weight excluding hydrogens is 422 g/mol. The summed E-state index contributed by atoms with van der Waals surface area (Å²) in [6.07, 6.45) is 4.71. The Kier molecular flexibility index (Phi) is 6.10. The molecule has 1 fully saturated rings. The third kappa shape index (κ3) is 4.33. The topological polar surface area (TPSA) is 81.6 Å². The van der Waals surface area contributed by atoms with E-state index in [4.69, 9.17) is 9.47 Å². The van der Waals surface area contributed by atoms with Gasteiger partial charge in [0.25, 0.3) is 0 Å². The molecule has 1 aromatic heterocycles. The van der Waals surface area contributed by atoms with Gasteiger partial charge in [0.1, 0.15) is 10.6 Å². The molecule has 7 nitrogen and oxygen atoms in total. The fraction of sp³-hybridized carbons (Fsp3) is 0.412. The number of benzene rings is 1. The van der Waals surface area contributed by atoms with Crippen LogP contribution in [0.1, 0.15) is 12.8 Å². The van der Waals surface area contributed by atoms with E-state index in [-0.39, 0.29) is 10.8 Å². The standard InChI is InChI=1S/C17H20BrN3O4S/c1-24-15-4-2-3-5-16(15)26(22,23)21-8-6-13(7-9-21)12-25-17-19-10-14(18)11-20-17/h2-5,10-11,13H,6-9,12H2,1H3. The molecule has 0 unspecified atom stereocenters.